The number of H-pyrrole nitrogens is 1. The number of aromatic nitrogens is 1. The first-order chi connectivity index (χ1) is 12.0. The number of ketones is 1. The van der Waals surface area contributed by atoms with Gasteiger partial charge >= 0.3 is 0 Å². The topological polar surface area (TPSA) is 43.2 Å². The molecule has 3 heteroatoms. The molecule has 0 aliphatic heterocycles. The van der Waals surface area contributed by atoms with E-state index in [0.29, 0.717) is 13.0 Å². The molecule has 0 amide bonds. The van der Waals surface area contributed by atoms with Gasteiger partial charge in [-0.25, -0.2) is 4.98 Å². The number of carbonyl (C=O) groups is 1. The Balaban J connectivity index is 1.83. The number of para-hydroxylation sites is 1. The summed E-state index contributed by atoms with van der Waals surface area (Å²) in [7, 11) is 0. The highest BCUT2D eigenvalue weighted by atomic mass is 16.1. The number of hydrogen-bond donors (Lipinski definition) is 1. The first-order valence-corrected chi connectivity index (χ1v) is 8.81. The monoisotopic (exact) mass is 331 g/mol. The van der Waals surface area contributed by atoms with E-state index >= 15 is 0 Å². The predicted molar refractivity (Wildman–Crippen MR) is 101 cm³/mol. The molecule has 2 aromatic carbocycles. The van der Waals surface area contributed by atoms with E-state index in [1.54, 1.807) is 0 Å². The Morgan fingerprint density at radius 1 is 1.00 bits per heavy atom. The molecule has 2 N–H and O–H groups in total. The first kappa shape index (κ1) is 15.8. The molecule has 3 nitrogen and oxygen atoms in total. The maximum absolute atomic E-state index is 12.9. The largest absolute Gasteiger partial charge is 0.379 e. The van der Waals surface area contributed by atoms with Crippen molar-refractivity contribution >= 4 is 22.4 Å². The standard InChI is InChI=1S/C22H22N2O/c1-22(2)12-18-20(19(25)13-22)21(16-10-6-7-11-17(16)24-18)23-14-15-8-4-3-5-9-15/h3-11H,12-14H2,1-2H3,(H,23,24)/p+1. The fourth-order valence-electron chi connectivity index (χ4n) is 3.80. The molecule has 126 valence electrons. The molecule has 0 radical (unpaired) electrons. The zero-order valence-corrected chi connectivity index (χ0v) is 14.7. The van der Waals surface area contributed by atoms with Crippen LogP contribution >= 0.6 is 0 Å². The Bertz CT molecular complexity index is 945. The Morgan fingerprint density at radius 2 is 1.72 bits per heavy atom. The number of Topliss-reactive ketones (excluding diaryl/α,β-unsaturated/α-hetero) is 1. The van der Waals surface area contributed by atoms with Crippen LogP contribution in [-0.4, -0.2) is 5.78 Å². The molecule has 0 fully saturated rings. The van der Waals surface area contributed by atoms with Gasteiger partial charge in [-0.15, -0.1) is 0 Å². The molecule has 1 heterocycles. The zero-order chi connectivity index (χ0) is 17.4. The lowest BCUT2D eigenvalue weighted by molar-refractivity contribution is -0.360. The molecule has 1 aromatic heterocycles. The fourth-order valence-corrected chi connectivity index (χ4v) is 3.80. The third-order valence-electron chi connectivity index (χ3n) is 4.92. The lowest BCUT2D eigenvalue weighted by Gasteiger charge is -2.28. The van der Waals surface area contributed by atoms with Gasteiger partial charge in [0.05, 0.1) is 11.1 Å². The van der Waals surface area contributed by atoms with Crippen molar-refractivity contribution < 1.29 is 9.78 Å². The molecule has 1 aliphatic carbocycles. The second-order valence-corrected chi connectivity index (χ2v) is 7.68. The highest BCUT2D eigenvalue weighted by molar-refractivity contribution is 6.09. The highest BCUT2D eigenvalue weighted by Gasteiger charge is 2.37. The number of nitrogens with one attached hydrogen (secondary N) is 2. The lowest BCUT2D eigenvalue weighted by Crippen LogP contribution is -2.33. The van der Waals surface area contributed by atoms with Gasteiger partial charge in [-0.2, -0.15) is 0 Å². The van der Waals surface area contributed by atoms with Crippen molar-refractivity contribution in [3.63, 3.8) is 0 Å². The van der Waals surface area contributed by atoms with Gasteiger partial charge < -0.3 is 5.32 Å². The summed E-state index contributed by atoms with van der Waals surface area (Å²) >= 11 is 0. The van der Waals surface area contributed by atoms with Crippen LogP contribution < -0.4 is 10.3 Å². The minimum atomic E-state index is -0.000258. The van der Waals surface area contributed by atoms with Gasteiger partial charge in [0, 0.05) is 25.5 Å². The molecule has 0 spiro atoms. The molecule has 0 bridgehead atoms. The minimum Gasteiger partial charge on any atom is -0.379 e. The lowest BCUT2D eigenvalue weighted by atomic mass is 9.75. The van der Waals surface area contributed by atoms with Crippen molar-refractivity contribution in [2.75, 3.05) is 5.32 Å². The summed E-state index contributed by atoms with van der Waals surface area (Å²) in [4.78, 5) is 16.4. The molecule has 3 aromatic rings. The summed E-state index contributed by atoms with van der Waals surface area (Å²) < 4.78 is 0. The van der Waals surface area contributed by atoms with Crippen LogP contribution in [0.25, 0.3) is 10.9 Å². The van der Waals surface area contributed by atoms with E-state index in [1.807, 2.05) is 30.3 Å². The van der Waals surface area contributed by atoms with Crippen molar-refractivity contribution in [1.29, 1.82) is 0 Å². The molecule has 1 aliphatic rings. The van der Waals surface area contributed by atoms with Crippen LogP contribution in [0.5, 0.6) is 0 Å². The second kappa shape index (κ2) is 5.99. The Morgan fingerprint density at radius 3 is 2.52 bits per heavy atom. The van der Waals surface area contributed by atoms with Gasteiger partial charge in [0.1, 0.15) is 5.56 Å². The van der Waals surface area contributed by atoms with E-state index in [-0.39, 0.29) is 11.2 Å². The predicted octanol–water partition coefficient (Wildman–Crippen LogP) is 4.42. The van der Waals surface area contributed by atoms with E-state index in [2.05, 4.69) is 48.4 Å². The van der Waals surface area contributed by atoms with Gasteiger partial charge in [0.25, 0.3) is 0 Å². The van der Waals surface area contributed by atoms with Crippen molar-refractivity contribution in [3.05, 3.63) is 71.4 Å². The number of hydrogen-bond acceptors (Lipinski definition) is 2. The van der Waals surface area contributed by atoms with Gasteiger partial charge in [-0.3, -0.25) is 4.79 Å². The molecular formula is C22H23N2O+. The molecule has 0 unspecified atom stereocenters. The molecule has 0 saturated heterocycles. The molecule has 0 atom stereocenters. The Kier molecular flexibility index (Phi) is 3.79. The third-order valence-corrected chi connectivity index (χ3v) is 4.92. The third kappa shape index (κ3) is 3.02. The average molecular weight is 331 g/mol. The van der Waals surface area contributed by atoms with Crippen LogP contribution in [0.15, 0.2) is 54.6 Å². The Hall–Kier alpha value is -2.68. The number of carbonyl (C=O) groups excluding carboxylic acids is 1. The maximum Gasteiger partial charge on any atom is 0.213 e. The van der Waals surface area contributed by atoms with Crippen LogP contribution in [-0.2, 0) is 13.0 Å². The van der Waals surface area contributed by atoms with Crippen molar-refractivity contribution in [1.82, 2.24) is 0 Å². The quantitative estimate of drug-likeness (QED) is 0.772. The van der Waals surface area contributed by atoms with E-state index in [4.69, 9.17) is 0 Å². The van der Waals surface area contributed by atoms with Gasteiger partial charge in [-0.1, -0.05) is 56.3 Å². The summed E-state index contributed by atoms with van der Waals surface area (Å²) in [6.45, 7) is 5.03. The normalized spacial score (nSPS) is 15.8. The van der Waals surface area contributed by atoms with Gasteiger partial charge in [0.15, 0.2) is 11.5 Å². The first-order valence-electron chi connectivity index (χ1n) is 8.81. The number of fused-ring (bicyclic) bond motifs is 2. The number of anilines is 1. The minimum absolute atomic E-state index is 0.000258. The number of benzene rings is 2. The van der Waals surface area contributed by atoms with Crippen molar-refractivity contribution in [2.45, 2.75) is 33.2 Å². The summed E-state index contributed by atoms with van der Waals surface area (Å²) in [5.74, 6) is 0.226. The number of pyridine rings is 1. The van der Waals surface area contributed by atoms with E-state index < -0.39 is 0 Å². The molecule has 0 saturated carbocycles. The van der Waals surface area contributed by atoms with E-state index in [1.165, 1.54) is 5.56 Å². The second-order valence-electron chi connectivity index (χ2n) is 7.68. The van der Waals surface area contributed by atoms with Crippen molar-refractivity contribution in [2.24, 2.45) is 5.41 Å². The van der Waals surface area contributed by atoms with Crippen molar-refractivity contribution in [3.8, 4) is 0 Å². The Labute approximate surface area is 148 Å². The van der Waals surface area contributed by atoms with Crippen LogP contribution in [0.4, 0.5) is 5.69 Å². The molecule has 25 heavy (non-hydrogen) atoms. The smallest absolute Gasteiger partial charge is 0.213 e. The SMILES string of the molecule is CC1(C)CC(=O)c2c([nH+]c3ccccc3c2NCc2ccccc2)C1. The number of rotatable bonds is 3. The summed E-state index contributed by atoms with van der Waals surface area (Å²) in [6, 6.07) is 18.5. The van der Waals surface area contributed by atoms with Crippen LogP contribution in [0, 0.1) is 5.41 Å². The molecular weight excluding hydrogens is 308 g/mol. The van der Waals surface area contributed by atoms with Gasteiger partial charge in [0.2, 0.25) is 5.52 Å². The molecule has 4 rings (SSSR count). The van der Waals surface area contributed by atoms with Crippen LogP contribution in [0.1, 0.15) is 41.9 Å². The summed E-state index contributed by atoms with van der Waals surface area (Å²) in [5.41, 5.74) is 5.14. The van der Waals surface area contributed by atoms with Gasteiger partial charge in [-0.05, 0) is 17.0 Å². The van der Waals surface area contributed by atoms with Crippen LogP contribution in [0.3, 0.4) is 0 Å². The van der Waals surface area contributed by atoms with E-state index in [0.717, 1.165) is 34.3 Å². The van der Waals surface area contributed by atoms with E-state index in [9.17, 15) is 4.79 Å². The van der Waals surface area contributed by atoms with Crippen LogP contribution in [0.2, 0.25) is 0 Å². The average Bonchev–Trinajstić information content (AvgIpc) is 2.58. The summed E-state index contributed by atoms with van der Waals surface area (Å²) in [5, 5.41) is 4.62. The number of aromatic amines is 1. The highest BCUT2D eigenvalue weighted by Crippen LogP contribution is 2.38. The summed E-state index contributed by atoms with van der Waals surface area (Å²) in [6.07, 6.45) is 1.48. The maximum atomic E-state index is 12.9. The zero-order valence-electron chi connectivity index (χ0n) is 14.7. The fraction of sp³-hybridized carbons (Fsp3) is 0.273.